The van der Waals surface area contributed by atoms with Crippen LogP contribution >= 0.6 is 0 Å². The fourth-order valence-electron chi connectivity index (χ4n) is 1.70. The van der Waals surface area contributed by atoms with E-state index in [1.165, 1.54) is 12.3 Å². The highest BCUT2D eigenvalue weighted by molar-refractivity contribution is 5.89. The zero-order chi connectivity index (χ0) is 16.1. The van der Waals surface area contributed by atoms with Gasteiger partial charge in [0, 0.05) is 5.56 Å². The Morgan fingerprint density at radius 1 is 1.41 bits per heavy atom. The Bertz CT molecular complexity index is 685. The first-order valence-corrected chi connectivity index (χ1v) is 6.23. The van der Waals surface area contributed by atoms with E-state index in [1.54, 1.807) is 6.07 Å². The number of nitrogens with one attached hydrogen (secondary N) is 2. The number of carbonyl (C=O) groups excluding carboxylic acids is 1. The molecule has 2 amide bonds. The molecule has 1 heterocycles. The van der Waals surface area contributed by atoms with Crippen molar-refractivity contribution in [3.8, 4) is 12.3 Å². The lowest BCUT2D eigenvalue weighted by atomic mass is 10.2. The summed E-state index contributed by atoms with van der Waals surface area (Å²) in [7, 11) is 0. The molecule has 0 fully saturated rings. The number of benzene rings is 1. The highest BCUT2D eigenvalue weighted by Crippen LogP contribution is 2.20. The zero-order valence-electron chi connectivity index (χ0n) is 11.3. The van der Waals surface area contributed by atoms with Crippen molar-refractivity contribution in [3.63, 3.8) is 0 Å². The lowest BCUT2D eigenvalue weighted by Gasteiger charge is -2.12. The Balaban J connectivity index is 1.97. The van der Waals surface area contributed by atoms with Crippen molar-refractivity contribution in [2.75, 3.05) is 11.9 Å². The largest absolute Gasteiger partial charge is 0.467 e. The van der Waals surface area contributed by atoms with Crippen molar-refractivity contribution < 1.29 is 23.1 Å². The lowest BCUT2D eigenvalue weighted by molar-refractivity contribution is 0.149. The molecule has 0 aliphatic carbocycles. The van der Waals surface area contributed by atoms with E-state index in [9.17, 15) is 18.7 Å². The summed E-state index contributed by atoms with van der Waals surface area (Å²) in [4.78, 5) is 11.6. The van der Waals surface area contributed by atoms with Gasteiger partial charge >= 0.3 is 6.03 Å². The summed E-state index contributed by atoms with van der Waals surface area (Å²) >= 11 is 0. The number of rotatable bonds is 4. The summed E-state index contributed by atoms with van der Waals surface area (Å²) in [6, 6.07) is 4.09. The molecule has 0 aliphatic rings. The smallest absolute Gasteiger partial charge is 0.319 e. The van der Waals surface area contributed by atoms with Gasteiger partial charge in [-0.3, -0.25) is 0 Å². The van der Waals surface area contributed by atoms with Gasteiger partial charge in [0.1, 0.15) is 17.6 Å². The first-order chi connectivity index (χ1) is 10.5. The van der Waals surface area contributed by atoms with Crippen LogP contribution in [0.15, 0.2) is 34.9 Å². The van der Waals surface area contributed by atoms with Crippen LogP contribution in [0, 0.1) is 24.0 Å². The SMILES string of the molecule is C#Cc1cc(F)c(NC(=O)NCC(O)c2ccco2)c(F)c1. The number of halogens is 2. The third kappa shape index (κ3) is 3.62. The molecule has 1 aromatic heterocycles. The maximum absolute atomic E-state index is 13.6. The predicted molar refractivity (Wildman–Crippen MR) is 75.0 cm³/mol. The highest BCUT2D eigenvalue weighted by Gasteiger charge is 2.15. The Morgan fingerprint density at radius 2 is 2.09 bits per heavy atom. The number of furan rings is 1. The molecule has 0 spiro atoms. The molecule has 22 heavy (non-hydrogen) atoms. The highest BCUT2D eigenvalue weighted by atomic mass is 19.1. The van der Waals surface area contributed by atoms with Gasteiger partial charge in [-0.25, -0.2) is 13.6 Å². The lowest BCUT2D eigenvalue weighted by Crippen LogP contribution is -2.32. The standard InChI is InChI=1S/C15H12F2N2O3/c1-2-9-6-10(16)14(11(17)7-9)19-15(21)18-8-12(20)13-4-3-5-22-13/h1,3-7,12,20H,8H2,(H2,18,19,21). The van der Waals surface area contributed by atoms with E-state index in [0.29, 0.717) is 0 Å². The molecule has 5 nitrogen and oxygen atoms in total. The van der Waals surface area contributed by atoms with Gasteiger partial charge in [0.15, 0.2) is 11.6 Å². The normalized spacial score (nSPS) is 11.5. The average Bonchev–Trinajstić information content (AvgIpc) is 3.02. The monoisotopic (exact) mass is 306 g/mol. The average molecular weight is 306 g/mol. The van der Waals surface area contributed by atoms with E-state index in [-0.39, 0.29) is 17.9 Å². The summed E-state index contributed by atoms with van der Waals surface area (Å²) in [6.07, 6.45) is 5.35. The molecule has 1 aromatic carbocycles. The molecule has 0 bridgehead atoms. The van der Waals surface area contributed by atoms with E-state index in [0.717, 1.165) is 12.1 Å². The maximum Gasteiger partial charge on any atom is 0.319 e. The van der Waals surface area contributed by atoms with E-state index < -0.39 is 29.5 Å². The fraction of sp³-hybridized carbons (Fsp3) is 0.133. The number of urea groups is 1. The second-order valence-corrected chi connectivity index (χ2v) is 4.33. The number of anilines is 1. The first kappa shape index (κ1) is 15.5. The molecular weight excluding hydrogens is 294 g/mol. The van der Waals surface area contributed by atoms with Gasteiger partial charge < -0.3 is 20.2 Å². The number of hydrogen-bond acceptors (Lipinski definition) is 3. The van der Waals surface area contributed by atoms with Gasteiger partial charge in [0.25, 0.3) is 0 Å². The molecule has 0 aliphatic heterocycles. The summed E-state index contributed by atoms with van der Waals surface area (Å²) in [5.74, 6) is 0.371. The molecule has 0 radical (unpaired) electrons. The van der Waals surface area contributed by atoms with Gasteiger partial charge in [0.2, 0.25) is 0 Å². The van der Waals surface area contributed by atoms with Crippen LogP contribution in [0.25, 0.3) is 0 Å². The van der Waals surface area contributed by atoms with Crippen molar-refractivity contribution in [1.82, 2.24) is 5.32 Å². The van der Waals surface area contributed by atoms with Crippen molar-refractivity contribution in [2.45, 2.75) is 6.10 Å². The Kier molecular flexibility index (Phi) is 4.76. The zero-order valence-corrected chi connectivity index (χ0v) is 11.3. The van der Waals surface area contributed by atoms with Gasteiger partial charge in [-0.15, -0.1) is 6.42 Å². The van der Waals surface area contributed by atoms with E-state index >= 15 is 0 Å². The molecule has 0 saturated heterocycles. The van der Waals surface area contributed by atoms with Crippen LogP contribution in [0.4, 0.5) is 19.3 Å². The number of amides is 2. The second-order valence-electron chi connectivity index (χ2n) is 4.33. The summed E-state index contributed by atoms with van der Waals surface area (Å²) in [5.41, 5.74) is -0.599. The summed E-state index contributed by atoms with van der Waals surface area (Å²) in [5, 5.41) is 14.0. The van der Waals surface area contributed by atoms with Crippen molar-refractivity contribution in [1.29, 1.82) is 0 Å². The molecule has 2 aromatic rings. The summed E-state index contributed by atoms with van der Waals surface area (Å²) in [6.45, 7) is -0.189. The number of hydrogen-bond donors (Lipinski definition) is 3. The number of aliphatic hydroxyl groups excluding tert-OH is 1. The van der Waals surface area contributed by atoms with Crippen molar-refractivity contribution in [3.05, 3.63) is 53.5 Å². The molecular formula is C15H12F2N2O3. The Labute approximate surface area is 124 Å². The van der Waals surface area contributed by atoms with Crippen molar-refractivity contribution in [2.24, 2.45) is 0 Å². The van der Waals surface area contributed by atoms with E-state index in [4.69, 9.17) is 10.8 Å². The molecule has 0 saturated carbocycles. The molecule has 2 rings (SSSR count). The minimum Gasteiger partial charge on any atom is -0.467 e. The van der Waals surface area contributed by atoms with Crippen LogP contribution in [0.1, 0.15) is 17.4 Å². The van der Waals surface area contributed by atoms with Crippen molar-refractivity contribution >= 4 is 11.7 Å². The Hall–Kier alpha value is -2.85. The number of aliphatic hydroxyl groups is 1. The number of carbonyl (C=O) groups is 1. The van der Waals surface area contributed by atoms with E-state index in [1.807, 2.05) is 5.32 Å². The van der Waals surface area contributed by atoms with Crippen LogP contribution < -0.4 is 10.6 Å². The van der Waals surface area contributed by atoms with E-state index in [2.05, 4.69) is 11.2 Å². The molecule has 114 valence electrons. The fourth-order valence-corrected chi connectivity index (χ4v) is 1.70. The quantitative estimate of drug-likeness (QED) is 0.759. The minimum absolute atomic E-state index is 0.0224. The third-order valence-electron chi connectivity index (χ3n) is 2.77. The third-order valence-corrected chi connectivity index (χ3v) is 2.77. The van der Waals surface area contributed by atoms with Gasteiger partial charge in [-0.2, -0.15) is 0 Å². The molecule has 1 unspecified atom stereocenters. The van der Waals surface area contributed by atoms with Gasteiger partial charge in [-0.1, -0.05) is 5.92 Å². The molecule has 7 heteroatoms. The van der Waals surface area contributed by atoms with Crippen LogP contribution in [0.5, 0.6) is 0 Å². The van der Waals surface area contributed by atoms with Gasteiger partial charge in [-0.05, 0) is 24.3 Å². The number of terminal acetylenes is 1. The maximum atomic E-state index is 13.6. The molecule has 1 atom stereocenters. The second kappa shape index (κ2) is 6.74. The van der Waals surface area contributed by atoms with Crippen LogP contribution in [0.3, 0.4) is 0 Å². The predicted octanol–water partition coefficient (Wildman–Crippen LogP) is 2.39. The van der Waals surface area contributed by atoms with Crippen LogP contribution in [-0.4, -0.2) is 17.7 Å². The Morgan fingerprint density at radius 3 is 2.64 bits per heavy atom. The molecule has 3 N–H and O–H groups in total. The van der Waals surface area contributed by atoms with Crippen LogP contribution in [0.2, 0.25) is 0 Å². The van der Waals surface area contributed by atoms with Gasteiger partial charge in [0.05, 0.1) is 12.8 Å². The first-order valence-electron chi connectivity index (χ1n) is 6.23. The summed E-state index contributed by atoms with van der Waals surface area (Å²) < 4.78 is 32.2. The minimum atomic E-state index is -1.07. The topological polar surface area (TPSA) is 74.5 Å². The van der Waals surface area contributed by atoms with Crippen LogP contribution in [-0.2, 0) is 0 Å².